The molecule has 128 valence electrons. The smallest absolute Gasteiger partial charge is 0.261 e. The van der Waals surface area contributed by atoms with E-state index in [2.05, 4.69) is 36.5 Å². The fourth-order valence-corrected chi connectivity index (χ4v) is 2.55. The number of rotatable bonds is 6. The molecule has 2 aromatic rings. The Balaban J connectivity index is 1.98. The van der Waals surface area contributed by atoms with Crippen LogP contribution in [-0.2, 0) is 11.2 Å². The summed E-state index contributed by atoms with van der Waals surface area (Å²) in [6, 6.07) is 14.2. The molecular weight excluding hydrogens is 298 g/mol. The molecule has 24 heavy (non-hydrogen) atoms. The summed E-state index contributed by atoms with van der Waals surface area (Å²) in [5, 5.41) is 3.02. The van der Waals surface area contributed by atoms with Crippen molar-refractivity contribution < 1.29 is 9.53 Å². The lowest BCUT2D eigenvalue weighted by Crippen LogP contribution is -2.37. The van der Waals surface area contributed by atoms with Gasteiger partial charge in [0, 0.05) is 0 Å². The van der Waals surface area contributed by atoms with E-state index in [4.69, 9.17) is 4.74 Å². The maximum absolute atomic E-state index is 12.4. The van der Waals surface area contributed by atoms with Gasteiger partial charge in [0.25, 0.3) is 5.91 Å². The van der Waals surface area contributed by atoms with Crippen LogP contribution < -0.4 is 10.1 Å². The molecule has 3 heteroatoms. The number of aryl methyl sites for hydroxylation is 2. The van der Waals surface area contributed by atoms with Crippen LogP contribution in [0.5, 0.6) is 5.75 Å². The van der Waals surface area contributed by atoms with Crippen LogP contribution in [0.1, 0.15) is 49.1 Å². The summed E-state index contributed by atoms with van der Waals surface area (Å²) in [6.07, 6.45) is 0.477. The van der Waals surface area contributed by atoms with Crippen LogP contribution in [0.4, 0.5) is 0 Å². The van der Waals surface area contributed by atoms with Gasteiger partial charge < -0.3 is 10.1 Å². The lowest BCUT2D eigenvalue weighted by atomic mass is 10.0. The number of nitrogens with one attached hydrogen (secondary N) is 1. The number of carbonyl (C=O) groups is 1. The quantitative estimate of drug-likeness (QED) is 0.848. The molecule has 0 fully saturated rings. The van der Waals surface area contributed by atoms with E-state index in [1.807, 2.05) is 39.0 Å². The van der Waals surface area contributed by atoms with Crippen molar-refractivity contribution in [2.24, 2.45) is 0 Å². The Morgan fingerprint density at radius 1 is 1.08 bits per heavy atom. The van der Waals surface area contributed by atoms with E-state index in [1.54, 1.807) is 6.92 Å². The highest BCUT2D eigenvalue weighted by Gasteiger charge is 2.18. The van der Waals surface area contributed by atoms with Crippen LogP contribution in [-0.4, -0.2) is 12.0 Å². The average molecular weight is 325 g/mol. The first kappa shape index (κ1) is 18.1. The third kappa shape index (κ3) is 4.38. The molecule has 2 atom stereocenters. The van der Waals surface area contributed by atoms with Crippen molar-refractivity contribution >= 4 is 5.91 Å². The van der Waals surface area contributed by atoms with Gasteiger partial charge in [0.2, 0.25) is 0 Å². The number of ether oxygens (including phenoxy) is 1. The molecule has 0 unspecified atom stereocenters. The van der Waals surface area contributed by atoms with Gasteiger partial charge in [-0.05, 0) is 62.4 Å². The molecule has 0 heterocycles. The summed E-state index contributed by atoms with van der Waals surface area (Å²) in [4.78, 5) is 12.4. The van der Waals surface area contributed by atoms with Gasteiger partial charge in [-0.2, -0.15) is 0 Å². The minimum Gasteiger partial charge on any atom is -0.481 e. The largest absolute Gasteiger partial charge is 0.481 e. The van der Waals surface area contributed by atoms with Crippen LogP contribution in [0.25, 0.3) is 0 Å². The van der Waals surface area contributed by atoms with Gasteiger partial charge in [0.05, 0.1) is 6.04 Å². The molecule has 0 aliphatic rings. The zero-order chi connectivity index (χ0) is 17.7. The number of carbonyl (C=O) groups excluding carboxylic acids is 1. The van der Waals surface area contributed by atoms with Crippen molar-refractivity contribution in [3.8, 4) is 5.75 Å². The molecule has 0 saturated carbocycles. The summed E-state index contributed by atoms with van der Waals surface area (Å²) in [7, 11) is 0. The van der Waals surface area contributed by atoms with Gasteiger partial charge in [0.15, 0.2) is 6.10 Å². The molecule has 0 spiro atoms. The van der Waals surface area contributed by atoms with Crippen LogP contribution in [0.3, 0.4) is 0 Å². The number of hydrogen-bond donors (Lipinski definition) is 1. The van der Waals surface area contributed by atoms with Crippen LogP contribution in [0.15, 0.2) is 42.5 Å². The van der Waals surface area contributed by atoms with E-state index in [1.165, 1.54) is 5.56 Å². The number of benzene rings is 2. The first-order valence-corrected chi connectivity index (χ1v) is 8.54. The predicted octanol–water partition coefficient (Wildman–Crippen LogP) is 4.51. The molecule has 1 amide bonds. The Hall–Kier alpha value is -2.29. The van der Waals surface area contributed by atoms with E-state index >= 15 is 0 Å². The normalized spacial score (nSPS) is 13.2. The summed E-state index contributed by atoms with van der Waals surface area (Å²) < 4.78 is 5.85. The molecule has 0 radical (unpaired) electrons. The zero-order valence-corrected chi connectivity index (χ0v) is 15.2. The third-order valence-electron chi connectivity index (χ3n) is 4.47. The van der Waals surface area contributed by atoms with Gasteiger partial charge in [-0.15, -0.1) is 0 Å². The first-order valence-electron chi connectivity index (χ1n) is 8.54. The van der Waals surface area contributed by atoms with Crippen molar-refractivity contribution in [3.05, 3.63) is 64.7 Å². The van der Waals surface area contributed by atoms with Crippen LogP contribution in [0.2, 0.25) is 0 Å². The van der Waals surface area contributed by atoms with E-state index in [9.17, 15) is 4.79 Å². The SMILES string of the molecule is CCc1ccc([C@H](C)NC(=O)[C@@H](C)Oc2cccc(C)c2C)cc1. The van der Waals surface area contributed by atoms with Gasteiger partial charge in [-0.3, -0.25) is 4.79 Å². The molecule has 0 aliphatic carbocycles. The highest BCUT2D eigenvalue weighted by atomic mass is 16.5. The zero-order valence-electron chi connectivity index (χ0n) is 15.2. The minimum atomic E-state index is -0.539. The van der Waals surface area contributed by atoms with Gasteiger partial charge >= 0.3 is 0 Å². The summed E-state index contributed by atoms with van der Waals surface area (Å²) in [6.45, 7) is 9.95. The number of amides is 1. The van der Waals surface area contributed by atoms with E-state index in [0.717, 1.165) is 28.9 Å². The molecular formula is C21H27NO2. The first-order chi connectivity index (χ1) is 11.4. The fourth-order valence-electron chi connectivity index (χ4n) is 2.55. The Morgan fingerprint density at radius 3 is 2.38 bits per heavy atom. The average Bonchev–Trinajstić information content (AvgIpc) is 2.58. The third-order valence-corrected chi connectivity index (χ3v) is 4.47. The molecule has 0 bridgehead atoms. The van der Waals surface area contributed by atoms with E-state index in [0.29, 0.717) is 0 Å². The predicted molar refractivity (Wildman–Crippen MR) is 98.4 cm³/mol. The van der Waals surface area contributed by atoms with E-state index in [-0.39, 0.29) is 11.9 Å². The van der Waals surface area contributed by atoms with Crippen molar-refractivity contribution in [2.45, 2.75) is 53.2 Å². The second kappa shape index (κ2) is 8.00. The van der Waals surface area contributed by atoms with Crippen LogP contribution in [0, 0.1) is 13.8 Å². The maximum atomic E-state index is 12.4. The van der Waals surface area contributed by atoms with Gasteiger partial charge in [0.1, 0.15) is 5.75 Å². The van der Waals surface area contributed by atoms with Gasteiger partial charge in [-0.25, -0.2) is 0 Å². The summed E-state index contributed by atoms with van der Waals surface area (Å²) >= 11 is 0. The topological polar surface area (TPSA) is 38.3 Å². The summed E-state index contributed by atoms with van der Waals surface area (Å²) in [5.41, 5.74) is 4.62. The molecule has 2 rings (SSSR count). The monoisotopic (exact) mass is 325 g/mol. The maximum Gasteiger partial charge on any atom is 0.261 e. The molecule has 2 aromatic carbocycles. The second-order valence-electron chi connectivity index (χ2n) is 6.28. The Labute approximate surface area is 145 Å². The molecule has 0 saturated heterocycles. The summed E-state index contributed by atoms with van der Waals surface area (Å²) in [5.74, 6) is 0.653. The minimum absolute atomic E-state index is 0.0481. The second-order valence-corrected chi connectivity index (χ2v) is 6.28. The highest BCUT2D eigenvalue weighted by molar-refractivity contribution is 5.81. The Kier molecular flexibility index (Phi) is 6.02. The highest BCUT2D eigenvalue weighted by Crippen LogP contribution is 2.22. The Bertz CT molecular complexity index is 691. The molecule has 0 aromatic heterocycles. The molecule has 1 N–H and O–H groups in total. The Morgan fingerprint density at radius 2 is 1.75 bits per heavy atom. The van der Waals surface area contributed by atoms with E-state index < -0.39 is 6.10 Å². The molecule has 0 aliphatic heterocycles. The number of hydrogen-bond acceptors (Lipinski definition) is 2. The van der Waals surface area contributed by atoms with Crippen molar-refractivity contribution in [3.63, 3.8) is 0 Å². The van der Waals surface area contributed by atoms with Gasteiger partial charge in [-0.1, -0.05) is 43.3 Å². The lowest BCUT2D eigenvalue weighted by Gasteiger charge is -2.20. The van der Waals surface area contributed by atoms with Crippen molar-refractivity contribution in [1.29, 1.82) is 0 Å². The van der Waals surface area contributed by atoms with Crippen molar-refractivity contribution in [1.82, 2.24) is 5.32 Å². The van der Waals surface area contributed by atoms with Crippen molar-refractivity contribution in [2.75, 3.05) is 0 Å². The fraction of sp³-hybridized carbons (Fsp3) is 0.381. The van der Waals surface area contributed by atoms with Crippen LogP contribution >= 0.6 is 0 Å². The lowest BCUT2D eigenvalue weighted by molar-refractivity contribution is -0.127. The standard InChI is InChI=1S/C21H27NO2/c1-6-18-10-12-19(13-11-18)16(4)22-21(23)17(5)24-20-9-7-8-14(2)15(20)3/h7-13,16-17H,6H2,1-5H3,(H,22,23)/t16-,17+/m0/s1. The molecule has 3 nitrogen and oxygen atoms in total.